The van der Waals surface area contributed by atoms with Crippen molar-refractivity contribution in [2.45, 2.75) is 32.4 Å². The van der Waals surface area contributed by atoms with Crippen LogP contribution in [-0.2, 0) is 13.0 Å². The molecule has 1 aliphatic heterocycles. The van der Waals surface area contributed by atoms with Gasteiger partial charge in [-0.3, -0.25) is 0 Å². The molecule has 0 fully saturated rings. The SMILES string of the molecule is COc1cc2c(cc1OC)-c1cnc(NC(C)c3ccc(F)cc3F)n1CCC2. The maximum Gasteiger partial charge on any atom is 0.203 e. The standard InChI is InChI=1S/C22H23F2N3O2/c1-13(16-7-6-15(23)10-18(16)24)26-22-25-12-19-17-11-21(29-3)20(28-2)9-14(17)5-4-8-27(19)22/h6-7,9-13H,4-5,8H2,1-3H3,(H,25,26). The van der Waals surface area contributed by atoms with Crippen molar-refractivity contribution in [1.82, 2.24) is 9.55 Å². The van der Waals surface area contributed by atoms with Crippen molar-refractivity contribution in [3.8, 4) is 22.8 Å². The minimum Gasteiger partial charge on any atom is -0.493 e. The number of halogens is 2. The van der Waals surface area contributed by atoms with Crippen LogP contribution >= 0.6 is 0 Å². The van der Waals surface area contributed by atoms with Gasteiger partial charge in [0.25, 0.3) is 0 Å². The third kappa shape index (κ3) is 3.52. The van der Waals surface area contributed by atoms with Crippen molar-refractivity contribution in [3.63, 3.8) is 0 Å². The first-order chi connectivity index (χ1) is 14.0. The highest BCUT2D eigenvalue weighted by Gasteiger charge is 2.22. The van der Waals surface area contributed by atoms with Crippen molar-refractivity contribution < 1.29 is 18.3 Å². The molecule has 1 aliphatic rings. The molecule has 3 aromatic rings. The first kappa shape index (κ1) is 19.2. The van der Waals surface area contributed by atoms with Gasteiger partial charge in [0, 0.05) is 23.7 Å². The van der Waals surface area contributed by atoms with Crippen molar-refractivity contribution in [2.24, 2.45) is 0 Å². The second kappa shape index (κ2) is 7.73. The Kier molecular flexibility index (Phi) is 5.13. The average Bonchev–Trinajstić information content (AvgIpc) is 3.00. The van der Waals surface area contributed by atoms with Gasteiger partial charge in [0.05, 0.1) is 32.2 Å². The molecule has 1 N–H and O–H groups in total. The van der Waals surface area contributed by atoms with E-state index in [1.807, 2.05) is 25.3 Å². The third-order valence-electron chi connectivity index (χ3n) is 5.34. The first-order valence-corrected chi connectivity index (χ1v) is 9.54. The summed E-state index contributed by atoms with van der Waals surface area (Å²) in [6.07, 6.45) is 3.64. The predicted octanol–water partition coefficient (Wildman–Crippen LogP) is 4.96. The number of anilines is 1. The summed E-state index contributed by atoms with van der Waals surface area (Å²) < 4.78 is 40.4. The second-order valence-electron chi connectivity index (χ2n) is 7.12. The Hall–Kier alpha value is -3.09. The Morgan fingerprint density at radius 2 is 1.86 bits per heavy atom. The lowest BCUT2D eigenvalue weighted by molar-refractivity contribution is 0.354. The number of rotatable bonds is 5. The molecule has 4 rings (SSSR count). The number of benzene rings is 2. The predicted molar refractivity (Wildman–Crippen MR) is 107 cm³/mol. The van der Waals surface area contributed by atoms with Crippen LogP contribution in [0.3, 0.4) is 0 Å². The van der Waals surface area contributed by atoms with E-state index in [-0.39, 0.29) is 6.04 Å². The fourth-order valence-electron chi connectivity index (χ4n) is 3.85. The van der Waals surface area contributed by atoms with Gasteiger partial charge in [0.2, 0.25) is 5.95 Å². The molecule has 152 valence electrons. The van der Waals surface area contributed by atoms with Gasteiger partial charge in [-0.15, -0.1) is 0 Å². The lowest BCUT2D eigenvalue weighted by atomic mass is 10.0. The number of fused-ring (bicyclic) bond motifs is 3. The number of ether oxygens (including phenoxy) is 2. The van der Waals surface area contributed by atoms with Gasteiger partial charge in [-0.2, -0.15) is 0 Å². The van der Waals surface area contributed by atoms with Crippen LogP contribution in [-0.4, -0.2) is 23.8 Å². The fourth-order valence-corrected chi connectivity index (χ4v) is 3.85. The van der Waals surface area contributed by atoms with Crippen LogP contribution < -0.4 is 14.8 Å². The molecule has 7 heteroatoms. The monoisotopic (exact) mass is 399 g/mol. The zero-order valence-electron chi connectivity index (χ0n) is 16.6. The van der Waals surface area contributed by atoms with Crippen LogP contribution in [0.2, 0.25) is 0 Å². The van der Waals surface area contributed by atoms with E-state index in [1.165, 1.54) is 17.7 Å². The molecule has 0 aliphatic carbocycles. The van der Waals surface area contributed by atoms with E-state index in [4.69, 9.17) is 9.47 Å². The summed E-state index contributed by atoms with van der Waals surface area (Å²) in [5, 5.41) is 3.27. The number of nitrogens with zero attached hydrogens (tertiary/aromatic N) is 2. The van der Waals surface area contributed by atoms with E-state index >= 15 is 0 Å². The number of aryl methyl sites for hydroxylation is 1. The topological polar surface area (TPSA) is 48.3 Å². The van der Waals surface area contributed by atoms with Crippen LogP contribution in [0.1, 0.15) is 30.5 Å². The molecule has 0 radical (unpaired) electrons. The van der Waals surface area contributed by atoms with Crippen LogP contribution in [0, 0.1) is 11.6 Å². The quantitative estimate of drug-likeness (QED) is 0.658. The fraction of sp³-hybridized carbons (Fsp3) is 0.318. The summed E-state index contributed by atoms with van der Waals surface area (Å²) in [6, 6.07) is 7.24. The highest BCUT2D eigenvalue weighted by Crippen LogP contribution is 2.39. The van der Waals surface area contributed by atoms with Crippen molar-refractivity contribution in [3.05, 3.63) is 59.3 Å². The summed E-state index contributed by atoms with van der Waals surface area (Å²) in [5.74, 6) is 0.859. The molecule has 1 unspecified atom stereocenters. The first-order valence-electron chi connectivity index (χ1n) is 9.54. The number of nitrogens with one attached hydrogen (secondary N) is 1. The zero-order valence-corrected chi connectivity index (χ0v) is 16.6. The van der Waals surface area contributed by atoms with Crippen LogP contribution in [0.25, 0.3) is 11.3 Å². The zero-order chi connectivity index (χ0) is 20.5. The van der Waals surface area contributed by atoms with E-state index in [0.717, 1.165) is 36.7 Å². The average molecular weight is 399 g/mol. The van der Waals surface area contributed by atoms with Crippen molar-refractivity contribution in [2.75, 3.05) is 19.5 Å². The van der Waals surface area contributed by atoms with E-state index < -0.39 is 11.6 Å². The minimum absolute atomic E-state index is 0.366. The van der Waals surface area contributed by atoms with Crippen LogP contribution in [0.15, 0.2) is 36.5 Å². The van der Waals surface area contributed by atoms with Gasteiger partial charge < -0.3 is 19.4 Å². The molecule has 2 aromatic carbocycles. The van der Waals surface area contributed by atoms with Gasteiger partial charge >= 0.3 is 0 Å². The van der Waals surface area contributed by atoms with Gasteiger partial charge in [0.15, 0.2) is 11.5 Å². The number of hydrogen-bond acceptors (Lipinski definition) is 4. The van der Waals surface area contributed by atoms with E-state index in [2.05, 4.69) is 14.9 Å². The molecular weight excluding hydrogens is 376 g/mol. The molecule has 2 heterocycles. The maximum atomic E-state index is 14.2. The smallest absolute Gasteiger partial charge is 0.203 e. The molecule has 1 aromatic heterocycles. The molecule has 0 bridgehead atoms. The molecule has 0 amide bonds. The van der Waals surface area contributed by atoms with Crippen molar-refractivity contribution in [1.29, 1.82) is 0 Å². The van der Waals surface area contributed by atoms with Gasteiger partial charge in [-0.25, -0.2) is 13.8 Å². The summed E-state index contributed by atoms with van der Waals surface area (Å²) in [7, 11) is 3.24. The normalized spacial score (nSPS) is 13.8. The molecule has 0 saturated carbocycles. The minimum atomic E-state index is -0.589. The Balaban J connectivity index is 1.70. The summed E-state index contributed by atoms with van der Waals surface area (Å²) in [5.41, 5.74) is 3.57. The van der Waals surface area contributed by atoms with Crippen LogP contribution in [0.4, 0.5) is 14.7 Å². The number of methoxy groups -OCH3 is 2. The Morgan fingerprint density at radius 1 is 1.10 bits per heavy atom. The molecule has 0 spiro atoms. The second-order valence-corrected chi connectivity index (χ2v) is 7.12. The Labute approximate surface area is 168 Å². The van der Waals surface area contributed by atoms with Gasteiger partial charge in [0.1, 0.15) is 11.6 Å². The summed E-state index contributed by atoms with van der Waals surface area (Å²) in [4.78, 5) is 4.53. The third-order valence-corrected chi connectivity index (χ3v) is 5.34. The highest BCUT2D eigenvalue weighted by molar-refractivity contribution is 5.70. The Morgan fingerprint density at radius 3 is 2.59 bits per heavy atom. The number of hydrogen-bond donors (Lipinski definition) is 1. The highest BCUT2D eigenvalue weighted by atomic mass is 19.1. The molecule has 5 nitrogen and oxygen atoms in total. The summed E-state index contributed by atoms with van der Waals surface area (Å²) in [6.45, 7) is 2.60. The van der Waals surface area contributed by atoms with Crippen LogP contribution in [0.5, 0.6) is 11.5 Å². The van der Waals surface area contributed by atoms with E-state index in [0.29, 0.717) is 23.0 Å². The molecule has 29 heavy (non-hydrogen) atoms. The maximum absolute atomic E-state index is 14.2. The molecular formula is C22H23F2N3O2. The number of aromatic nitrogens is 2. The van der Waals surface area contributed by atoms with E-state index in [9.17, 15) is 8.78 Å². The lowest BCUT2D eigenvalue weighted by Crippen LogP contribution is -2.13. The lowest BCUT2D eigenvalue weighted by Gasteiger charge is -2.18. The Bertz CT molecular complexity index is 1050. The molecule has 1 atom stereocenters. The molecule has 0 saturated heterocycles. The summed E-state index contributed by atoms with van der Waals surface area (Å²) >= 11 is 0. The van der Waals surface area contributed by atoms with Gasteiger partial charge in [-0.1, -0.05) is 6.07 Å². The van der Waals surface area contributed by atoms with Gasteiger partial charge in [-0.05, 0) is 43.5 Å². The van der Waals surface area contributed by atoms with E-state index in [1.54, 1.807) is 14.2 Å². The largest absolute Gasteiger partial charge is 0.493 e. The van der Waals surface area contributed by atoms with Crippen molar-refractivity contribution >= 4 is 5.95 Å². The number of imidazole rings is 1.